The summed E-state index contributed by atoms with van der Waals surface area (Å²) in [6, 6.07) is 5.17. The Labute approximate surface area is 125 Å². The molecule has 0 aliphatic heterocycles. The summed E-state index contributed by atoms with van der Waals surface area (Å²) in [7, 11) is -3.39. The second-order valence-electron chi connectivity index (χ2n) is 5.55. The van der Waals surface area contributed by atoms with Crippen LogP contribution in [0.1, 0.15) is 18.4 Å². The van der Waals surface area contributed by atoms with Crippen molar-refractivity contribution in [2.24, 2.45) is 5.92 Å². The van der Waals surface area contributed by atoms with Crippen LogP contribution in [0.25, 0.3) is 0 Å². The molecule has 21 heavy (non-hydrogen) atoms. The quantitative estimate of drug-likeness (QED) is 0.708. The first-order valence-corrected chi connectivity index (χ1v) is 8.81. The van der Waals surface area contributed by atoms with Crippen LogP contribution in [0.5, 0.6) is 0 Å². The van der Waals surface area contributed by atoms with Crippen LogP contribution in [0.15, 0.2) is 18.2 Å². The second-order valence-corrected chi connectivity index (χ2v) is 7.29. The number of hydrogen-bond acceptors (Lipinski definition) is 4. The van der Waals surface area contributed by atoms with Gasteiger partial charge >= 0.3 is 0 Å². The topological polar surface area (TPSA) is 87.3 Å². The van der Waals surface area contributed by atoms with Gasteiger partial charge in [0, 0.05) is 0 Å². The molecule has 0 heterocycles. The molecule has 3 N–H and O–H groups in total. The zero-order valence-corrected chi connectivity index (χ0v) is 13.1. The highest BCUT2D eigenvalue weighted by atomic mass is 32.2. The molecule has 0 atom stereocenters. The highest BCUT2D eigenvalue weighted by molar-refractivity contribution is 7.92. The lowest BCUT2D eigenvalue weighted by Gasteiger charge is -2.13. The SMILES string of the molecule is Cc1ccc(NS(C)(=O)=O)c(NC(=O)CNCC2CC2)c1. The molecular formula is C14H21N3O3S. The first-order chi connectivity index (χ1) is 9.83. The molecule has 0 unspecified atom stereocenters. The van der Waals surface area contributed by atoms with Crippen molar-refractivity contribution in [1.82, 2.24) is 5.32 Å². The summed E-state index contributed by atoms with van der Waals surface area (Å²) in [5, 5.41) is 5.84. The van der Waals surface area contributed by atoms with E-state index in [2.05, 4.69) is 15.4 Å². The summed E-state index contributed by atoms with van der Waals surface area (Å²) in [4.78, 5) is 11.9. The normalized spacial score (nSPS) is 14.8. The fourth-order valence-corrected chi connectivity index (χ4v) is 2.53. The minimum Gasteiger partial charge on any atom is -0.323 e. The zero-order chi connectivity index (χ0) is 15.5. The predicted molar refractivity (Wildman–Crippen MR) is 83.9 cm³/mol. The molecule has 7 heteroatoms. The number of rotatable bonds is 7. The fourth-order valence-electron chi connectivity index (χ4n) is 1.96. The van der Waals surface area contributed by atoms with Crippen molar-refractivity contribution in [3.63, 3.8) is 0 Å². The molecule has 0 saturated heterocycles. The van der Waals surface area contributed by atoms with Gasteiger partial charge in [0.05, 0.1) is 24.2 Å². The van der Waals surface area contributed by atoms with Crippen molar-refractivity contribution in [2.75, 3.05) is 29.4 Å². The Morgan fingerprint density at radius 2 is 2.00 bits per heavy atom. The number of nitrogens with one attached hydrogen (secondary N) is 3. The van der Waals surface area contributed by atoms with Crippen molar-refractivity contribution in [2.45, 2.75) is 19.8 Å². The van der Waals surface area contributed by atoms with E-state index in [0.29, 0.717) is 17.3 Å². The summed E-state index contributed by atoms with van der Waals surface area (Å²) >= 11 is 0. The lowest BCUT2D eigenvalue weighted by molar-refractivity contribution is -0.115. The van der Waals surface area contributed by atoms with Crippen LogP contribution in [-0.4, -0.2) is 33.7 Å². The maximum atomic E-state index is 11.9. The van der Waals surface area contributed by atoms with E-state index in [1.165, 1.54) is 12.8 Å². The van der Waals surface area contributed by atoms with Gasteiger partial charge in [-0.1, -0.05) is 6.07 Å². The van der Waals surface area contributed by atoms with Crippen molar-refractivity contribution < 1.29 is 13.2 Å². The van der Waals surface area contributed by atoms with E-state index in [4.69, 9.17) is 0 Å². The van der Waals surface area contributed by atoms with Crippen molar-refractivity contribution >= 4 is 27.3 Å². The Balaban J connectivity index is 1.99. The molecule has 1 saturated carbocycles. The molecule has 1 amide bonds. The first-order valence-electron chi connectivity index (χ1n) is 6.92. The van der Waals surface area contributed by atoms with E-state index in [9.17, 15) is 13.2 Å². The van der Waals surface area contributed by atoms with Crippen LogP contribution in [0.2, 0.25) is 0 Å². The van der Waals surface area contributed by atoms with Gasteiger partial charge in [0.25, 0.3) is 0 Å². The largest absolute Gasteiger partial charge is 0.323 e. The van der Waals surface area contributed by atoms with Crippen LogP contribution in [-0.2, 0) is 14.8 Å². The Morgan fingerprint density at radius 1 is 1.29 bits per heavy atom. The maximum absolute atomic E-state index is 11.9. The summed E-state index contributed by atoms with van der Waals surface area (Å²) < 4.78 is 25.1. The standard InChI is InChI=1S/C14H21N3O3S/c1-10-3-6-12(17-21(2,19)20)13(7-10)16-14(18)9-15-8-11-4-5-11/h3,6-7,11,15,17H,4-5,8-9H2,1-2H3,(H,16,18). The molecular weight excluding hydrogens is 290 g/mol. The molecule has 2 rings (SSSR count). The predicted octanol–water partition coefficient (Wildman–Crippen LogP) is 1.30. The van der Waals surface area contributed by atoms with Gasteiger partial charge < -0.3 is 10.6 Å². The molecule has 1 aliphatic rings. The summed E-state index contributed by atoms with van der Waals surface area (Å²) in [5.41, 5.74) is 1.78. The molecule has 1 fully saturated rings. The third-order valence-electron chi connectivity index (χ3n) is 3.16. The van der Waals surface area contributed by atoms with Crippen molar-refractivity contribution in [3.8, 4) is 0 Å². The molecule has 1 aromatic carbocycles. The zero-order valence-electron chi connectivity index (χ0n) is 12.3. The average Bonchev–Trinajstić information content (AvgIpc) is 3.15. The van der Waals surface area contributed by atoms with Gasteiger partial charge in [0.2, 0.25) is 15.9 Å². The molecule has 0 spiro atoms. The van der Waals surface area contributed by atoms with E-state index in [1.807, 2.05) is 6.92 Å². The van der Waals surface area contributed by atoms with Crippen LogP contribution in [0, 0.1) is 12.8 Å². The summed E-state index contributed by atoms with van der Waals surface area (Å²) in [6.07, 6.45) is 3.54. The van der Waals surface area contributed by atoms with E-state index < -0.39 is 10.0 Å². The van der Waals surface area contributed by atoms with E-state index >= 15 is 0 Å². The van der Waals surface area contributed by atoms with E-state index in [-0.39, 0.29) is 12.5 Å². The van der Waals surface area contributed by atoms with Gasteiger partial charge in [-0.2, -0.15) is 0 Å². The van der Waals surface area contributed by atoms with Gasteiger partial charge in [-0.15, -0.1) is 0 Å². The molecule has 0 bridgehead atoms. The number of carbonyl (C=O) groups is 1. The molecule has 1 aromatic rings. The Kier molecular flexibility index (Phi) is 4.84. The summed E-state index contributed by atoms with van der Waals surface area (Å²) in [6.45, 7) is 2.96. The van der Waals surface area contributed by atoms with Gasteiger partial charge in [-0.05, 0) is 49.9 Å². The highest BCUT2D eigenvalue weighted by Crippen LogP contribution is 2.27. The smallest absolute Gasteiger partial charge is 0.238 e. The summed E-state index contributed by atoms with van der Waals surface area (Å²) in [5.74, 6) is 0.525. The van der Waals surface area contributed by atoms with Crippen molar-refractivity contribution in [1.29, 1.82) is 0 Å². The fraction of sp³-hybridized carbons (Fsp3) is 0.500. The van der Waals surface area contributed by atoms with Crippen LogP contribution in [0.3, 0.4) is 0 Å². The molecule has 0 aromatic heterocycles. The van der Waals surface area contributed by atoms with Crippen LogP contribution < -0.4 is 15.4 Å². The second kappa shape index (κ2) is 6.44. The number of carbonyl (C=O) groups excluding carboxylic acids is 1. The Hall–Kier alpha value is -1.60. The monoisotopic (exact) mass is 311 g/mol. The van der Waals surface area contributed by atoms with E-state index in [1.54, 1.807) is 18.2 Å². The van der Waals surface area contributed by atoms with Gasteiger partial charge in [-0.25, -0.2) is 8.42 Å². The minimum atomic E-state index is -3.39. The number of hydrogen-bond donors (Lipinski definition) is 3. The average molecular weight is 311 g/mol. The molecule has 116 valence electrons. The highest BCUT2D eigenvalue weighted by Gasteiger charge is 2.20. The first kappa shape index (κ1) is 15.8. The number of anilines is 2. The lowest BCUT2D eigenvalue weighted by Crippen LogP contribution is -2.29. The number of sulfonamides is 1. The number of aryl methyl sites for hydroxylation is 1. The van der Waals surface area contributed by atoms with E-state index in [0.717, 1.165) is 18.4 Å². The molecule has 1 aliphatic carbocycles. The molecule has 6 nitrogen and oxygen atoms in total. The lowest BCUT2D eigenvalue weighted by atomic mass is 10.2. The van der Waals surface area contributed by atoms with Gasteiger partial charge in [-0.3, -0.25) is 9.52 Å². The van der Waals surface area contributed by atoms with Gasteiger partial charge in [0.1, 0.15) is 0 Å². The van der Waals surface area contributed by atoms with Gasteiger partial charge in [0.15, 0.2) is 0 Å². The molecule has 0 radical (unpaired) electrons. The Bertz CT molecular complexity index is 624. The van der Waals surface area contributed by atoms with Crippen molar-refractivity contribution in [3.05, 3.63) is 23.8 Å². The number of benzene rings is 1. The van der Waals surface area contributed by atoms with Crippen LogP contribution >= 0.6 is 0 Å². The third kappa shape index (κ3) is 5.73. The third-order valence-corrected chi connectivity index (χ3v) is 3.75. The Morgan fingerprint density at radius 3 is 2.62 bits per heavy atom. The maximum Gasteiger partial charge on any atom is 0.238 e. The number of amides is 1. The minimum absolute atomic E-state index is 0.183. The van der Waals surface area contributed by atoms with Crippen LogP contribution in [0.4, 0.5) is 11.4 Å².